The summed E-state index contributed by atoms with van der Waals surface area (Å²) in [6.45, 7) is 0.651. The Balaban J connectivity index is 1.93. The third-order valence-corrected chi connectivity index (χ3v) is 4.19. The van der Waals surface area contributed by atoms with Crippen LogP contribution in [0, 0.1) is 5.82 Å². The highest BCUT2D eigenvalue weighted by Crippen LogP contribution is 2.33. The van der Waals surface area contributed by atoms with Crippen LogP contribution in [0.1, 0.15) is 41.2 Å². The number of methoxy groups -OCH3 is 1. The third-order valence-electron chi connectivity index (χ3n) is 4.19. The van der Waals surface area contributed by atoms with E-state index in [2.05, 4.69) is 4.98 Å². The van der Waals surface area contributed by atoms with Crippen molar-refractivity contribution in [2.24, 2.45) is 0 Å². The number of carbonyl (C=O) groups excluding carboxylic acids is 1. The number of piperidine rings is 1. The van der Waals surface area contributed by atoms with Crippen molar-refractivity contribution in [2.45, 2.75) is 25.3 Å². The lowest BCUT2D eigenvalue weighted by Crippen LogP contribution is -2.38. The number of aromatic nitrogens is 1. The predicted octanol–water partition coefficient (Wildman–Crippen LogP) is 3.60. The van der Waals surface area contributed by atoms with Crippen molar-refractivity contribution in [1.29, 1.82) is 0 Å². The second-order valence-corrected chi connectivity index (χ2v) is 5.63. The summed E-state index contributed by atoms with van der Waals surface area (Å²) in [5.74, 6) is -0.0793. The molecule has 5 heteroatoms. The third kappa shape index (κ3) is 3.18. The van der Waals surface area contributed by atoms with Crippen LogP contribution in [-0.2, 0) is 0 Å². The van der Waals surface area contributed by atoms with Crippen LogP contribution < -0.4 is 4.74 Å². The van der Waals surface area contributed by atoms with E-state index in [1.54, 1.807) is 29.3 Å². The maximum atomic E-state index is 13.6. The molecular formula is C18H19FN2O2. The van der Waals surface area contributed by atoms with Crippen molar-refractivity contribution in [1.82, 2.24) is 9.88 Å². The lowest BCUT2D eigenvalue weighted by molar-refractivity contribution is 0.0607. The van der Waals surface area contributed by atoms with Gasteiger partial charge in [0.25, 0.3) is 5.91 Å². The zero-order chi connectivity index (χ0) is 16.2. The summed E-state index contributed by atoms with van der Waals surface area (Å²) in [5.41, 5.74) is 1.28. The molecule has 0 spiro atoms. The average Bonchev–Trinajstić information content (AvgIpc) is 2.61. The Kier molecular flexibility index (Phi) is 4.55. The number of halogens is 1. The molecule has 3 rings (SSSR count). The molecule has 0 N–H and O–H groups in total. The topological polar surface area (TPSA) is 42.4 Å². The van der Waals surface area contributed by atoms with E-state index in [1.165, 1.54) is 19.2 Å². The van der Waals surface area contributed by atoms with E-state index in [1.807, 2.05) is 6.07 Å². The van der Waals surface area contributed by atoms with Gasteiger partial charge in [-0.1, -0.05) is 12.1 Å². The standard InChI is InChI=1S/C18H19FN2O2/c1-23-17-15(8-5-10-20-17)18(22)21-11-3-2-9-16(21)13-6-4-7-14(19)12-13/h4-8,10,12,16H,2-3,9,11H2,1H3/t16-/m0/s1. The number of amides is 1. The van der Waals surface area contributed by atoms with Crippen molar-refractivity contribution in [3.8, 4) is 5.88 Å². The predicted molar refractivity (Wildman–Crippen MR) is 84.8 cm³/mol. The van der Waals surface area contributed by atoms with Gasteiger partial charge in [0.15, 0.2) is 0 Å². The summed E-state index contributed by atoms with van der Waals surface area (Å²) >= 11 is 0. The molecule has 23 heavy (non-hydrogen) atoms. The minimum atomic E-state index is -0.278. The summed E-state index contributed by atoms with van der Waals surface area (Å²) < 4.78 is 18.8. The molecule has 1 fully saturated rings. The molecule has 0 aliphatic carbocycles. The molecule has 0 radical (unpaired) electrons. The summed E-state index contributed by atoms with van der Waals surface area (Å²) in [4.78, 5) is 18.9. The van der Waals surface area contributed by atoms with Gasteiger partial charge in [-0.2, -0.15) is 0 Å². The maximum absolute atomic E-state index is 13.6. The Morgan fingerprint density at radius 3 is 2.96 bits per heavy atom. The number of hydrogen-bond acceptors (Lipinski definition) is 3. The number of rotatable bonds is 3. The van der Waals surface area contributed by atoms with Crippen LogP contribution in [0.4, 0.5) is 4.39 Å². The quantitative estimate of drug-likeness (QED) is 0.869. The zero-order valence-electron chi connectivity index (χ0n) is 13.0. The number of carbonyl (C=O) groups is 1. The molecule has 120 valence electrons. The summed E-state index contributed by atoms with van der Waals surface area (Å²) in [5, 5.41) is 0. The van der Waals surface area contributed by atoms with Gasteiger partial charge in [-0.15, -0.1) is 0 Å². The average molecular weight is 314 g/mol. The number of likely N-dealkylation sites (tertiary alicyclic amines) is 1. The Labute approximate surface area is 134 Å². The van der Waals surface area contributed by atoms with E-state index in [9.17, 15) is 9.18 Å². The van der Waals surface area contributed by atoms with Crippen molar-refractivity contribution in [3.05, 3.63) is 59.5 Å². The molecule has 2 heterocycles. The lowest BCUT2D eigenvalue weighted by atomic mass is 9.94. The van der Waals surface area contributed by atoms with E-state index in [-0.39, 0.29) is 17.8 Å². The molecule has 0 bridgehead atoms. The second kappa shape index (κ2) is 6.77. The molecule has 0 saturated carbocycles. The summed E-state index contributed by atoms with van der Waals surface area (Å²) in [6, 6.07) is 9.81. The molecule has 1 saturated heterocycles. The van der Waals surface area contributed by atoms with E-state index < -0.39 is 0 Å². The molecule has 1 amide bonds. The fraction of sp³-hybridized carbons (Fsp3) is 0.333. The van der Waals surface area contributed by atoms with Gasteiger partial charge in [0.1, 0.15) is 11.4 Å². The Morgan fingerprint density at radius 1 is 1.30 bits per heavy atom. The van der Waals surface area contributed by atoms with Gasteiger partial charge in [0.05, 0.1) is 13.2 Å². The van der Waals surface area contributed by atoms with Crippen molar-refractivity contribution < 1.29 is 13.9 Å². The normalized spacial score (nSPS) is 17.8. The zero-order valence-corrected chi connectivity index (χ0v) is 13.0. The smallest absolute Gasteiger partial charge is 0.259 e. The Bertz CT molecular complexity index is 705. The first-order valence-electron chi connectivity index (χ1n) is 7.76. The summed E-state index contributed by atoms with van der Waals surface area (Å²) in [6.07, 6.45) is 4.39. The monoisotopic (exact) mass is 314 g/mol. The first-order valence-corrected chi connectivity index (χ1v) is 7.76. The molecule has 2 aromatic rings. The van der Waals surface area contributed by atoms with E-state index >= 15 is 0 Å². The van der Waals surface area contributed by atoms with Crippen molar-refractivity contribution in [2.75, 3.05) is 13.7 Å². The van der Waals surface area contributed by atoms with Crippen LogP contribution in [0.2, 0.25) is 0 Å². The van der Waals surface area contributed by atoms with Gasteiger partial charge in [-0.3, -0.25) is 4.79 Å². The highest BCUT2D eigenvalue weighted by Gasteiger charge is 2.30. The van der Waals surface area contributed by atoms with Crippen LogP contribution in [0.5, 0.6) is 5.88 Å². The van der Waals surface area contributed by atoms with E-state index in [0.29, 0.717) is 18.0 Å². The highest BCUT2D eigenvalue weighted by atomic mass is 19.1. The van der Waals surface area contributed by atoms with E-state index in [4.69, 9.17) is 4.74 Å². The van der Waals surface area contributed by atoms with Crippen LogP contribution in [-0.4, -0.2) is 29.4 Å². The van der Waals surface area contributed by atoms with Gasteiger partial charge in [0.2, 0.25) is 5.88 Å². The number of pyridine rings is 1. The first-order chi connectivity index (χ1) is 11.2. The molecule has 1 aromatic heterocycles. The summed E-state index contributed by atoms with van der Waals surface area (Å²) in [7, 11) is 1.50. The van der Waals surface area contributed by atoms with Gasteiger partial charge >= 0.3 is 0 Å². The Morgan fingerprint density at radius 2 is 2.17 bits per heavy atom. The highest BCUT2D eigenvalue weighted by molar-refractivity contribution is 5.96. The first kappa shape index (κ1) is 15.5. The molecule has 1 aliphatic rings. The fourth-order valence-corrected chi connectivity index (χ4v) is 3.11. The number of ether oxygens (including phenoxy) is 1. The van der Waals surface area contributed by atoms with Gasteiger partial charge in [0, 0.05) is 12.7 Å². The molecule has 1 aromatic carbocycles. The maximum Gasteiger partial charge on any atom is 0.259 e. The minimum Gasteiger partial charge on any atom is -0.480 e. The SMILES string of the molecule is COc1ncccc1C(=O)N1CCCC[C@H]1c1cccc(F)c1. The molecule has 1 atom stereocenters. The van der Waals surface area contributed by atoms with E-state index in [0.717, 1.165) is 24.8 Å². The number of hydrogen-bond donors (Lipinski definition) is 0. The number of benzene rings is 1. The molecule has 1 aliphatic heterocycles. The molecular weight excluding hydrogens is 295 g/mol. The minimum absolute atomic E-state index is 0.114. The van der Waals surface area contributed by atoms with Crippen LogP contribution in [0.15, 0.2) is 42.6 Å². The van der Waals surface area contributed by atoms with Crippen molar-refractivity contribution >= 4 is 5.91 Å². The molecule has 4 nitrogen and oxygen atoms in total. The second-order valence-electron chi connectivity index (χ2n) is 5.63. The van der Waals surface area contributed by atoms with Gasteiger partial charge in [-0.25, -0.2) is 9.37 Å². The van der Waals surface area contributed by atoms with Crippen molar-refractivity contribution in [3.63, 3.8) is 0 Å². The Hall–Kier alpha value is -2.43. The molecule has 0 unspecified atom stereocenters. The fourth-order valence-electron chi connectivity index (χ4n) is 3.11. The van der Waals surface area contributed by atoms with Gasteiger partial charge in [-0.05, 0) is 49.1 Å². The van der Waals surface area contributed by atoms with Gasteiger partial charge < -0.3 is 9.64 Å². The largest absolute Gasteiger partial charge is 0.480 e. The number of nitrogens with zero attached hydrogens (tertiary/aromatic N) is 2. The van der Waals surface area contributed by atoms with Crippen LogP contribution in [0.3, 0.4) is 0 Å². The van der Waals surface area contributed by atoms with Crippen LogP contribution >= 0.6 is 0 Å². The van der Waals surface area contributed by atoms with Crippen LogP contribution in [0.25, 0.3) is 0 Å². The lowest BCUT2D eigenvalue weighted by Gasteiger charge is -2.36.